The number of fused-ring (bicyclic) bond motifs is 1. The number of benzene rings is 1. The van der Waals surface area contributed by atoms with E-state index in [1.54, 1.807) is 11.5 Å². The van der Waals surface area contributed by atoms with Gasteiger partial charge in [0.2, 0.25) is 11.7 Å². The standard InChI is InChI=1S/C17H21N5O3/c1-12-20-16(22(24)25)11-21(12)9-7-17(23)19-10-15-14-5-3-2-4-13(14)6-8-18-15/h2-5,11,15,18H,6-10H2,1H3,(H,19,23). The van der Waals surface area contributed by atoms with E-state index in [0.717, 1.165) is 13.0 Å². The molecule has 1 amide bonds. The molecule has 25 heavy (non-hydrogen) atoms. The molecule has 0 saturated heterocycles. The molecule has 1 atom stereocenters. The number of imidazole rings is 1. The van der Waals surface area contributed by atoms with E-state index in [1.807, 2.05) is 12.1 Å². The summed E-state index contributed by atoms with van der Waals surface area (Å²) in [5, 5.41) is 17.1. The van der Waals surface area contributed by atoms with Gasteiger partial charge in [-0.3, -0.25) is 4.79 Å². The lowest BCUT2D eigenvalue weighted by molar-refractivity contribution is -0.389. The fourth-order valence-electron chi connectivity index (χ4n) is 3.11. The quantitative estimate of drug-likeness (QED) is 0.611. The number of aromatic nitrogens is 2. The first-order valence-electron chi connectivity index (χ1n) is 8.30. The van der Waals surface area contributed by atoms with E-state index in [9.17, 15) is 14.9 Å². The monoisotopic (exact) mass is 343 g/mol. The molecule has 3 rings (SSSR count). The van der Waals surface area contributed by atoms with Crippen molar-refractivity contribution in [1.82, 2.24) is 20.2 Å². The van der Waals surface area contributed by atoms with Crippen LogP contribution in [-0.4, -0.2) is 33.5 Å². The summed E-state index contributed by atoms with van der Waals surface area (Å²) in [6.45, 7) is 3.48. The second-order valence-corrected chi connectivity index (χ2v) is 6.11. The molecule has 0 radical (unpaired) electrons. The molecule has 1 unspecified atom stereocenters. The van der Waals surface area contributed by atoms with Crippen LogP contribution in [0.1, 0.15) is 29.4 Å². The highest BCUT2D eigenvalue weighted by atomic mass is 16.6. The minimum absolute atomic E-state index is 0.0828. The zero-order chi connectivity index (χ0) is 17.8. The molecular weight excluding hydrogens is 322 g/mol. The molecule has 0 bridgehead atoms. The summed E-state index contributed by atoms with van der Waals surface area (Å²) in [4.78, 5) is 26.2. The van der Waals surface area contributed by atoms with Crippen LogP contribution in [0.25, 0.3) is 0 Å². The number of nitrogens with one attached hydrogen (secondary N) is 2. The Kier molecular flexibility index (Phi) is 5.08. The highest BCUT2D eigenvalue weighted by Gasteiger charge is 2.20. The van der Waals surface area contributed by atoms with Crippen molar-refractivity contribution in [3.05, 3.63) is 57.5 Å². The number of nitro groups is 1. The third-order valence-electron chi connectivity index (χ3n) is 4.45. The Bertz CT molecular complexity index is 786. The molecule has 8 heteroatoms. The fourth-order valence-corrected chi connectivity index (χ4v) is 3.11. The van der Waals surface area contributed by atoms with Crippen molar-refractivity contribution in [2.45, 2.75) is 32.4 Å². The number of nitrogens with zero attached hydrogens (tertiary/aromatic N) is 3. The third kappa shape index (κ3) is 4.03. The summed E-state index contributed by atoms with van der Waals surface area (Å²) in [5.74, 6) is 0.254. The van der Waals surface area contributed by atoms with Gasteiger partial charge in [0, 0.05) is 32.5 Å². The summed E-state index contributed by atoms with van der Waals surface area (Å²) in [5.41, 5.74) is 2.55. The first kappa shape index (κ1) is 17.1. The van der Waals surface area contributed by atoms with Crippen LogP contribution in [-0.2, 0) is 17.8 Å². The van der Waals surface area contributed by atoms with Crippen LogP contribution < -0.4 is 10.6 Å². The van der Waals surface area contributed by atoms with E-state index in [2.05, 4.69) is 27.8 Å². The molecular formula is C17H21N5O3. The highest BCUT2D eigenvalue weighted by molar-refractivity contribution is 5.75. The van der Waals surface area contributed by atoms with E-state index in [1.165, 1.54) is 17.3 Å². The average Bonchev–Trinajstić information content (AvgIpc) is 2.99. The van der Waals surface area contributed by atoms with Gasteiger partial charge in [0.25, 0.3) is 0 Å². The molecule has 1 aromatic carbocycles. The summed E-state index contributed by atoms with van der Waals surface area (Å²) >= 11 is 0. The van der Waals surface area contributed by atoms with Crippen LogP contribution in [0.2, 0.25) is 0 Å². The molecule has 8 nitrogen and oxygen atoms in total. The average molecular weight is 343 g/mol. The first-order chi connectivity index (χ1) is 12.0. The van der Waals surface area contributed by atoms with Gasteiger partial charge in [-0.1, -0.05) is 24.3 Å². The van der Waals surface area contributed by atoms with Gasteiger partial charge in [-0.25, -0.2) is 0 Å². The van der Waals surface area contributed by atoms with Gasteiger partial charge < -0.3 is 25.3 Å². The minimum atomic E-state index is -0.532. The molecule has 2 aromatic rings. The van der Waals surface area contributed by atoms with Crippen LogP contribution in [0.3, 0.4) is 0 Å². The van der Waals surface area contributed by atoms with E-state index < -0.39 is 4.92 Å². The predicted molar refractivity (Wildman–Crippen MR) is 92.1 cm³/mol. The van der Waals surface area contributed by atoms with Gasteiger partial charge in [-0.15, -0.1) is 0 Å². The van der Waals surface area contributed by atoms with Crippen molar-refractivity contribution in [2.75, 3.05) is 13.1 Å². The molecule has 0 spiro atoms. The van der Waals surface area contributed by atoms with Crippen molar-refractivity contribution in [3.63, 3.8) is 0 Å². The molecule has 2 N–H and O–H groups in total. The van der Waals surface area contributed by atoms with Gasteiger partial charge >= 0.3 is 5.82 Å². The van der Waals surface area contributed by atoms with Crippen molar-refractivity contribution in [2.24, 2.45) is 0 Å². The van der Waals surface area contributed by atoms with Gasteiger partial charge in [-0.2, -0.15) is 0 Å². The highest BCUT2D eigenvalue weighted by Crippen LogP contribution is 2.21. The van der Waals surface area contributed by atoms with E-state index in [4.69, 9.17) is 0 Å². The maximum Gasteiger partial charge on any atom is 0.381 e. The first-order valence-corrected chi connectivity index (χ1v) is 8.30. The van der Waals surface area contributed by atoms with Crippen LogP contribution in [0.5, 0.6) is 0 Å². The number of rotatable bonds is 6. The summed E-state index contributed by atoms with van der Waals surface area (Å²) in [7, 11) is 0. The predicted octanol–water partition coefficient (Wildman–Crippen LogP) is 1.49. The van der Waals surface area contributed by atoms with Crippen LogP contribution in [0.15, 0.2) is 30.5 Å². The molecule has 1 aliphatic heterocycles. The van der Waals surface area contributed by atoms with Gasteiger partial charge in [-0.05, 0) is 34.0 Å². The molecule has 0 fully saturated rings. The summed E-state index contributed by atoms with van der Waals surface area (Å²) in [6, 6.07) is 8.37. The smallest absolute Gasteiger partial charge is 0.358 e. The van der Waals surface area contributed by atoms with Crippen molar-refractivity contribution >= 4 is 11.7 Å². The van der Waals surface area contributed by atoms with Gasteiger partial charge in [0.15, 0.2) is 0 Å². The molecule has 1 aliphatic rings. The lowest BCUT2D eigenvalue weighted by Crippen LogP contribution is -2.39. The Labute approximate surface area is 145 Å². The third-order valence-corrected chi connectivity index (χ3v) is 4.45. The number of hydrogen-bond acceptors (Lipinski definition) is 5. The van der Waals surface area contributed by atoms with Crippen LogP contribution >= 0.6 is 0 Å². The number of carbonyl (C=O) groups is 1. The number of carbonyl (C=O) groups excluding carboxylic acids is 1. The van der Waals surface area contributed by atoms with E-state index >= 15 is 0 Å². The minimum Gasteiger partial charge on any atom is -0.358 e. The molecule has 0 aliphatic carbocycles. The second kappa shape index (κ2) is 7.43. The lowest BCUT2D eigenvalue weighted by atomic mass is 9.94. The zero-order valence-corrected chi connectivity index (χ0v) is 14.1. The van der Waals surface area contributed by atoms with Crippen molar-refractivity contribution in [1.29, 1.82) is 0 Å². The molecule has 132 valence electrons. The maximum absolute atomic E-state index is 12.1. The SMILES string of the molecule is Cc1nc([N+](=O)[O-])cn1CCC(=O)NCC1NCCc2ccccc21. The number of hydrogen-bond donors (Lipinski definition) is 2. The summed E-state index contributed by atoms with van der Waals surface area (Å²) in [6.07, 6.45) is 2.61. The van der Waals surface area contributed by atoms with Crippen molar-refractivity contribution < 1.29 is 9.72 Å². The molecule has 1 aromatic heterocycles. The van der Waals surface area contributed by atoms with E-state index in [0.29, 0.717) is 18.9 Å². The van der Waals surface area contributed by atoms with Gasteiger partial charge in [0.05, 0.1) is 0 Å². The van der Waals surface area contributed by atoms with Crippen molar-refractivity contribution in [3.8, 4) is 0 Å². The zero-order valence-electron chi connectivity index (χ0n) is 14.1. The fraction of sp³-hybridized carbons (Fsp3) is 0.412. The lowest BCUT2D eigenvalue weighted by Gasteiger charge is -2.27. The largest absolute Gasteiger partial charge is 0.381 e. The molecule has 2 heterocycles. The topological polar surface area (TPSA) is 102 Å². The van der Waals surface area contributed by atoms with Gasteiger partial charge in [0.1, 0.15) is 6.20 Å². The van der Waals surface area contributed by atoms with E-state index in [-0.39, 0.29) is 24.2 Å². The van der Waals surface area contributed by atoms with Crippen LogP contribution in [0, 0.1) is 17.0 Å². The Hall–Kier alpha value is -2.74. The van der Waals surface area contributed by atoms with Crippen LogP contribution in [0.4, 0.5) is 5.82 Å². The normalized spacial score (nSPS) is 16.3. The number of aryl methyl sites for hydroxylation is 2. The number of amides is 1. The Morgan fingerprint density at radius 3 is 3.04 bits per heavy atom. The molecule has 0 saturated carbocycles. The maximum atomic E-state index is 12.1. The second-order valence-electron chi connectivity index (χ2n) is 6.11. The Morgan fingerprint density at radius 1 is 1.48 bits per heavy atom. The summed E-state index contributed by atoms with van der Waals surface area (Å²) < 4.78 is 1.63. The Balaban J connectivity index is 1.52. The Morgan fingerprint density at radius 2 is 2.28 bits per heavy atom.